The van der Waals surface area contributed by atoms with Gasteiger partial charge < -0.3 is 10.6 Å². The van der Waals surface area contributed by atoms with Crippen LogP contribution < -0.4 is 10.6 Å². The third-order valence-electron chi connectivity index (χ3n) is 3.91. The lowest BCUT2D eigenvalue weighted by atomic mass is 10.1. The number of rotatable bonds is 7. The van der Waals surface area contributed by atoms with Crippen LogP contribution in [0.1, 0.15) is 5.56 Å². The lowest BCUT2D eigenvalue weighted by Crippen LogP contribution is -2.14. The van der Waals surface area contributed by atoms with Gasteiger partial charge in [0.05, 0.1) is 12.2 Å². The average Bonchev–Trinajstić information content (AvgIpc) is 2.71. The van der Waals surface area contributed by atoms with Crippen molar-refractivity contribution in [1.82, 2.24) is 0 Å². The van der Waals surface area contributed by atoms with E-state index in [1.54, 1.807) is 36.4 Å². The Morgan fingerprint density at radius 3 is 1.76 bits per heavy atom. The Kier molecular flexibility index (Phi) is 7.58. The van der Waals surface area contributed by atoms with Gasteiger partial charge in [-0.25, -0.2) is 0 Å². The van der Waals surface area contributed by atoms with Crippen molar-refractivity contribution in [3.8, 4) is 0 Å². The number of amides is 2. The molecule has 0 spiro atoms. The van der Waals surface area contributed by atoms with Gasteiger partial charge in [0.1, 0.15) is 0 Å². The Morgan fingerprint density at radius 2 is 1.17 bits per heavy atom. The topological polar surface area (TPSA) is 58.2 Å². The predicted octanol–water partition coefficient (Wildman–Crippen LogP) is 5.91. The van der Waals surface area contributed by atoms with E-state index < -0.39 is 0 Å². The summed E-state index contributed by atoms with van der Waals surface area (Å²) >= 11 is 13.1. The molecular formula is C22H18Cl2N2O2S. The van der Waals surface area contributed by atoms with Crippen molar-refractivity contribution in [2.45, 2.75) is 11.3 Å². The third-order valence-corrected chi connectivity index (χ3v) is 5.43. The molecular weight excluding hydrogens is 427 g/mol. The molecule has 4 nitrogen and oxygen atoms in total. The Bertz CT molecular complexity index is 975. The molecule has 0 atom stereocenters. The molecule has 0 aliphatic carbocycles. The molecule has 29 heavy (non-hydrogen) atoms. The minimum atomic E-state index is -0.102. The number of carbonyl (C=O) groups excluding carboxylic acids is 2. The maximum atomic E-state index is 12.2. The zero-order valence-electron chi connectivity index (χ0n) is 15.3. The lowest BCUT2D eigenvalue weighted by Gasteiger charge is -2.08. The fraction of sp³-hybridized carbons (Fsp3) is 0.0909. The maximum Gasteiger partial charge on any atom is 0.234 e. The largest absolute Gasteiger partial charge is 0.326 e. The molecule has 0 aromatic heterocycles. The van der Waals surface area contributed by atoms with Crippen molar-refractivity contribution >= 4 is 58.2 Å². The number of benzene rings is 3. The summed E-state index contributed by atoms with van der Waals surface area (Å²) in [5, 5.41) is 6.95. The van der Waals surface area contributed by atoms with Crippen LogP contribution in [0.25, 0.3) is 0 Å². The number of anilines is 2. The Balaban J connectivity index is 1.45. The van der Waals surface area contributed by atoms with E-state index in [4.69, 9.17) is 23.2 Å². The molecule has 0 aliphatic heterocycles. The molecule has 2 amide bonds. The van der Waals surface area contributed by atoms with Crippen molar-refractivity contribution in [3.63, 3.8) is 0 Å². The van der Waals surface area contributed by atoms with Crippen LogP contribution >= 0.6 is 35.0 Å². The van der Waals surface area contributed by atoms with Crippen LogP contribution in [0.3, 0.4) is 0 Å². The van der Waals surface area contributed by atoms with Crippen LogP contribution in [0.5, 0.6) is 0 Å². The highest BCUT2D eigenvalue weighted by atomic mass is 35.5. The summed E-state index contributed by atoms with van der Waals surface area (Å²) in [5.74, 6) is 0.0815. The predicted molar refractivity (Wildman–Crippen MR) is 121 cm³/mol. The standard InChI is InChI=1S/C22H18Cl2N2O2S/c23-16-3-1-15(2-4-16)13-21(27)25-19-9-11-20(12-10-19)29-14-22(28)26-18-7-5-17(24)6-8-18/h1-12H,13-14H2,(H,25,27)(H,26,28). The molecule has 0 bridgehead atoms. The smallest absolute Gasteiger partial charge is 0.234 e. The highest BCUT2D eigenvalue weighted by Gasteiger charge is 2.06. The van der Waals surface area contributed by atoms with Crippen LogP contribution in [0, 0.1) is 0 Å². The highest BCUT2D eigenvalue weighted by molar-refractivity contribution is 8.00. The molecule has 7 heteroatoms. The van der Waals surface area contributed by atoms with Gasteiger partial charge in [-0.15, -0.1) is 11.8 Å². The van der Waals surface area contributed by atoms with E-state index in [9.17, 15) is 9.59 Å². The molecule has 3 rings (SSSR count). The summed E-state index contributed by atoms with van der Waals surface area (Å²) in [6.45, 7) is 0. The van der Waals surface area contributed by atoms with Crippen molar-refractivity contribution in [3.05, 3.63) is 88.4 Å². The van der Waals surface area contributed by atoms with Gasteiger partial charge in [-0.05, 0) is 66.2 Å². The highest BCUT2D eigenvalue weighted by Crippen LogP contribution is 2.21. The SMILES string of the molecule is O=C(CSc1ccc(NC(=O)Cc2ccc(Cl)cc2)cc1)Nc1ccc(Cl)cc1. The quantitative estimate of drug-likeness (QED) is 0.445. The van der Waals surface area contributed by atoms with Crippen LogP contribution in [0.2, 0.25) is 10.0 Å². The maximum absolute atomic E-state index is 12.2. The summed E-state index contributed by atoms with van der Waals surface area (Å²) in [6, 6.07) is 21.5. The first-order valence-corrected chi connectivity index (χ1v) is 10.5. The number of nitrogens with one attached hydrogen (secondary N) is 2. The van der Waals surface area contributed by atoms with E-state index in [-0.39, 0.29) is 24.0 Å². The van der Waals surface area contributed by atoms with Crippen LogP contribution in [-0.4, -0.2) is 17.6 Å². The zero-order chi connectivity index (χ0) is 20.6. The number of thioether (sulfide) groups is 1. The van der Waals surface area contributed by atoms with Crippen molar-refractivity contribution in [2.75, 3.05) is 16.4 Å². The van der Waals surface area contributed by atoms with Crippen molar-refractivity contribution in [1.29, 1.82) is 0 Å². The van der Waals surface area contributed by atoms with Crippen molar-refractivity contribution < 1.29 is 9.59 Å². The second-order valence-electron chi connectivity index (χ2n) is 6.22. The van der Waals surface area contributed by atoms with Crippen LogP contribution in [0.4, 0.5) is 11.4 Å². The van der Waals surface area contributed by atoms with Gasteiger partial charge in [0.2, 0.25) is 11.8 Å². The second-order valence-corrected chi connectivity index (χ2v) is 8.14. The van der Waals surface area contributed by atoms with Gasteiger partial charge in [-0.3, -0.25) is 9.59 Å². The molecule has 148 valence electrons. The van der Waals surface area contributed by atoms with Crippen LogP contribution in [-0.2, 0) is 16.0 Å². The first-order valence-electron chi connectivity index (χ1n) is 8.80. The Hall–Kier alpha value is -2.47. The molecule has 0 unspecified atom stereocenters. The van der Waals surface area contributed by atoms with E-state index in [2.05, 4.69) is 10.6 Å². The van der Waals surface area contributed by atoms with E-state index in [1.165, 1.54) is 11.8 Å². The zero-order valence-corrected chi connectivity index (χ0v) is 17.7. The van der Waals surface area contributed by atoms with Gasteiger partial charge in [-0.2, -0.15) is 0 Å². The van der Waals surface area contributed by atoms with Crippen LogP contribution in [0.15, 0.2) is 77.7 Å². The van der Waals surface area contributed by atoms with Gasteiger partial charge in [-0.1, -0.05) is 35.3 Å². The molecule has 0 aliphatic rings. The first kappa shape index (κ1) is 21.2. The van der Waals surface area contributed by atoms with Gasteiger partial charge in [0.25, 0.3) is 0 Å². The summed E-state index contributed by atoms with van der Waals surface area (Å²) in [4.78, 5) is 25.1. The third kappa shape index (κ3) is 7.13. The van der Waals surface area contributed by atoms with Gasteiger partial charge in [0, 0.05) is 26.3 Å². The van der Waals surface area contributed by atoms with E-state index >= 15 is 0 Å². The number of carbonyl (C=O) groups is 2. The Labute approximate surface area is 183 Å². The molecule has 2 N–H and O–H groups in total. The number of hydrogen-bond donors (Lipinski definition) is 2. The minimum Gasteiger partial charge on any atom is -0.326 e. The van der Waals surface area contributed by atoms with E-state index in [0.29, 0.717) is 21.4 Å². The summed E-state index contributed by atoms with van der Waals surface area (Å²) < 4.78 is 0. The van der Waals surface area contributed by atoms with Gasteiger partial charge >= 0.3 is 0 Å². The van der Waals surface area contributed by atoms with Crippen molar-refractivity contribution in [2.24, 2.45) is 0 Å². The minimum absolute atomic E-state index is 0.0994. The van der Waals surface area contributed by atoms with E-state index in [1.807, 2.05) is 36.4 Å². The molecule has 0 heterocycles. The summed E-state index contributed by atoms with van der Waals surface area (Å²) in [5.41, 5.74) is 2.31. The normalized spacial score (nSPS) is 10.4. The van der Waals surface area contributed by atoms with Gasteiger partial charge in [0.15, 0.2) is 0 Å². The monoisotopic (exact) mass is 444 g/mol. The Morgan fingerprint density at radius 1 is 0.690 bits per heavy atom. The first-order chi connectivity index (χ1) is 14.0. The fourth-order valence-electron chi connectivity index (χ4n) is 2.51. The molecule has 0 saturated carbocycles. The fourth-order valence-corrected chi connectivity index (χ4v) is 3.46. The molecule has 3 aromatic carbocycles. The average molecular weight is 445 g/mol. The molecule has 0 fully saturated rings. The summed E-state index contributed by atoms with van der Waals surface area (Å²) in [6.07, 6.45) is 0.276. The molecule has 0 saturated heterocycles. The lowest BCUT2D eigenvalue weighted by molar-refractivity contribution is -0.115. The number of hydrogen-bond acceptors (Lipinski definition) is 3. The number of halogens is 2. The summed E-state index contributed by atoms with van der Waals surface area (Å²) in [7, 11) is 0. The second kappa shape index (κ2) is 10.3. The van der Waals surface area contributed by atoms with E-state index in [0.717, 1.165) is 10.5 Å². The molecule has 0 radical (unpaired) electrons. The molecule has 3 aromatic rings.